The molecule has 13 heavy (non-hydrogen) atoms. The van der Waals surface area contributed by atoms with Gasteiger partial charge < -0.3 is 5.73 Å². The molecule has 1 heterocycles. The van der Waals surface area contributed by atoms with Gasteiger partial charge >= 0.3 is 0 Å². The molecule has 0 bridgehead atoms. The minimum atomic E-state index is 0.435. The molecule has 3 nitrogen and oxygen atoms in total. The maximum Gasteiger partial charge on any atom is 0.0785 e. The summed E-state index contributed by atoms with van der Waals surface area (Å²) in [6, 6.07) is 0. The first-order chi connectivity index (χ1) is 6.24. The van der Waals surface area contributed by atoms with E-state index in [2.05, 4.69) is 5.10 Å². The zero-order valence-electron chi connectivity index (χ0n) is 7.54. The predicted octanol–water partition coefficient (Wildman–Crippen LogP) is 1.67. The molecule has 2 N–H and O–H groups in total. The number of halogens is 1. The third kappa shape index (κ3) is 2.03. The van der Waals surface area contributed by atoms with Crippen molar-refractivity contribution in [3.63, 3.8) is 0 Å². The van der Waals surface area contributed by atoms with E-state index < -0.39 is 0 Å². The molecule has 0 amide bonds. The molecule has 2 rings (SSSR count). The molecule has 1 aliphatic rings. The normalized spacial score (nSPS) is 18.9. The first kappa shape index (κ1) is 9.03. The summed E-state index contributed by atoms with van der Waals surface area (Å²) in [6.07, 6.45) is 7.21. The molecule has 1 aliphatic carbocycles. The van der Waals surface area contributed by atoms with Crippen LogP contribution >= 0.6 is 11.6 Å². The van der Waals surface area contributed by atoms with Crippen molar-refractivity contribution in [3.05, 3.63) is 17.4 Å². The van der Waals surface area contributed by atoms with Gasteiger partial charge in [0.15, 0.2) is 0 Å². The Labute approximate surface area is 82.9 Å². The molecule has 4 heteroatoms. The monoisotopic (exact) mass is 199 g/mol. The number of hydrogen-bond donors (Lipinski definition) is 1. The molecule has 72 valence electrons. The Hall–Kier alpha value is -0.540. The predicted molar refractivity (Wildman–Crippen MR) is 52.6 cm³/mol. The van der Waals surface area contributed by atoms with Crippen molar-refractivity contribution in [1.82, 2.24) is 9.78 Å². The van der Waals surface area contributed by atoms with Crippen LogP contribution in [0.5, 0.6) is 0 Å². The van der Waals surface area contributed by atoms with Crippen molar-refractivity contribution in [2.75, 3.05) is 6.54 Å². The topological polar surface area (TPSA) is 43.8 Å². The van der Waals surface area contributed by atoms with Gasteiger partial charge in [0, 0.05) is 12.7 Å². The first-order valence-electron chi connectivity index (χ1n) is 4.62. The van der Waals surface area contributed by atoms with Gasteiger partial charge in [0.25, 0.3) is 0 Å². The lowest BCUT2D eigenvalue weighted by molar-refractivity contribution is 0.376. The zero-order chi connectivity index (χ0) is 9.31. The lowest BCUT2D eigenvalue weighted by Crippen LogP contribution is -2.16. The molecule has 1 aromatic heterocycles. The Morgan fingerprint density at radius 2 is 2.38 bits per heavy atom. The van der Waals surface area contributed by atoms with Crippen LogP contribution < -0.4 is 5.73 Å². The Morgan fingerprint density at radius 1 is 1.62 bits per heavy atom. The van der Waals surface area contributed by atoms with Crippen molar-refractivity contribution in [3.8, 4) is 0 Å². The summed E-state index contributed by atoms with van der Waals surface area (Å²) in [7, 11) is 0. The van der Waals surface area contributed by atoms with Gasteiger partial charge in [-0.15, -0.1) is 0 Å². The summed E-state index contributed by atoms with van der Waals surface area (Å²) < 4.78 is 1.92. The van der Waals surface area contributed by atoms with Crippen molar-refractivity contribution in [2.24, 2.45) is 11.1 Å². The Balaban J connectivity index is 1.98. The molecular weight excluding hydrogens is 186 g/mol. The van der Waals surface area contributed by atoms with Crippen molar-refractivity contribution < 1.29 is 0 Å². The van der Waals surface area contributed by atoms with Gasteiger partial charge in [0.1, 0.15) is 0 Å². The van der Waals surface area contributed by atoms with E-state index in [9.17, 15) is 0 Å². The fourth-order valence-electron chi connectivity index (χ4n) is 1.74. The highest BCUT2D eigenvalue weighted by molar-refractivity contribution is 6.30. The van der Waals surface area contributed by atoms with Crippen LogP contribution in [0.25, 0.3) is 0 Å². The lowest BCUT2D eigenvalue weighted by Gasteiger charge is -2.13. The molecule has 0 atom stereocenters. The van der Waals surface area contributed by atoms with E-state index in [1.807, 2.05) is 10.9 Å². The molecular formula is C9H14ClN3. The lowest BCUT2D eigenvalue weighted by atomic mass is 10.0. The van der Waals surface area contributed by atoms with E-state index in [1.54, 1.807) is 6.20 Å². The third-order valence-electron chi connectivity index (χ3n) is 2.73. The summed E-state index contributed by atoms with van der Waals surface area (Å²) >= 11 is 5.78. The van der Waals surface area contributed by atoms with Crippen LogP contribution in [0.3, 0.4) is 0 Å². The number of nitrogens with two attached hydrogens (primary N) is 1. The quantitative estimate of drug-likeness (QED) is 0.802. The number of nitrogens with zero attached hydrogens (tertiary/aromatic N) is 2. The number of hydrogen-bond acceptors (Lipinski definition) is 2. The summed E-state index contributed by atoms with van der Waals surface area (Å²) in [4.78, 5) is 0. The molecule has 0 saturated heterocycles. The van der Waals surface area contributed by atoms with Crippen LogP contribution in [0.1, 0.15) is 19.3 Å². The smallest absolute Gasteiger partial charge is 0.0785 e. The van der Waals surface area contributed by atoms with E-state index >= 15 is 0 Å². The Bertz CT molecular complexity index is 291. The maximum atomic E-state index is 5.78. The van der Waals surface area contributed by atoms with Crippen molar-refractivity contribution in [1.29, 1.82) is 0 Å². The fraction of sp³-hybridized carbons (Fsp3) is 0.667. The van der Waals surface area contributed by atoms with E-state index in [-0.39, 0.29) is 0 Å². The van der Waals surface area contributed by atoms with Gasteiger partial charge in [-0.2, -0.15) is 5.10 Å². The SMILES string of the molecule is NCCC1(Cn2cc(Cl)cn2)CC1. The van der Waals surface area contributed by atoms with Crippen LogP contribution in [0, 0.1) is 5.41 Å². The molecule has 1 aromatic rings. The van der Waals surface area contributed by atoms with Crippen molar-refractivity contribution in [2.45, 2.75) is 25.8 Å². The molecule has 0 spiro atoms. The summed E-state index contributed by atoms with van der Waals surface area (Å²) in [5.41, 5.74) is 5.99. The maximum absolute atomic E-state index is 5.78. The van der Waals surface area contributed by atoms with Crippen LogP contribution in [0.2, 0.25) is 5.02 Å². The highest BCUT2D eigenvalue weighted by atomic mass is 35.5. The van der Waals surface area contributed by atoms with Crippen molar-refractivity contribution >= 4 is 11.6 Å². The minimum Gasteiger partial charge on any atom is -0.330 e. The summed E-state index contributed by atoms with van der Waals surface area (Å²) in [6.45, 7) is 1.74. The van der Waals surface area contributed by atoms with Crippen LogP contribution in [0.15, 0.2) is 12.4 Å². The van der Waals surface area contributed by atoms with E-state index in [1.165, 1.54) is 12.8 Å². The molecule has 1 saturated carbocycles. The standard InChI is InChI=1S/C9H14ClN3/c10-8-5-12-13(6-8)7-9(1-2-9)3-4-11/h5-6H,1-4,7,11H2. The number of aromatic nitrogens is 2. The van der Waals surface area contributed by atoms with Gasteiger partial charge in [0.05, 0.1) is 11.2 Å². The highest BCUT2D eigenvalue weighted by Gasteiger charge is 2.42. The van der Waals surface area contributed by atoms with Gasteiger partial charge in [-0.05, 0) is 31.2 Å². The van der Waals surface area contributed by atoms with E-state index in [4.69, 9.17) is 17.3 Å². The number of rotatable bonds is 4. The van der Waals surface area contributed by atoms with Gasteiger partial charge in [-0.25, -0.2) is 0 Å². The third-order valence-corrected chi connectivity index (χ3v) is 2.93. The van der Waals surface area contributed by atoms with E-state index in [0.717, 1.165) is 19.5 Å². The average molecular weight is 200 g/mol. The van der Waals surface area contributed by atoms with E-state index in [0.29, 0.717) is 10.4 Å². The second kappa shape index (κ2) is 3.31. The van der Waals surface area contributed by atoms with Crippen LogP contribution in [-0.4, -0.2) is 16.3 Å². The van der Waals surface area contributed by atoms with Gasteiger partial charge in [-0.3, -0.25) is 4.68 Å². The zero-order valence-corrected chi connectivity index (χ0v) is 8.30. The highest BCUT2D eigenvalue weighted by Crippen LogP contribution is 2.49. The summed E-state index contributed by atoms with van der Waals surface area (Å²) in [5, 5.41) is 4.88. The summed E-state index contributed by atoms with van der Waals surface area (Å²) in [5.74, 6) is 0. The molecule has 0 aromatic carbocycles. The van der Waals surface area contributed by atoms with Gasteiger partial charge in [-0.1, -0.05) is 11.6 Å². The van der Waals surface area contributed by atoms with Gasteiger partial charge in [0.2, 0.25) is 0 Å². The van der Waals surface area contributed by atoms with Crippen LogP contribution in [-0.2, 0) is 6.54 Å². The average Bonchev–Trinajstić information content (AvgIpc) is 2.70. The second-order valence-corrected chi connectivity index (χ2v) is 4.33. The molecule has 0 unspecified atom stereocenters. The first-order valence-corrected chi connectivity index (χ1v) is 5.00. The Kier molecular flexibility index (Phi) is 2.30. The largest absolute Gasteiger partial charge is 0.330 e. The molecule has 0 radical (unpaired) electrons. The fourth-order valence-corrected chi connectivity index (χ4v) is 1.89. The molecule has 1 fully saturated rings. The minimum absolute atomic E-state index is 0.435. The van der Waals surface area contributed by atoms with Crippen LogP contribution in [0.4, 0.5) is 0 Å². The Morgan fingerprint density at radius 3 is 2.85 bits per heavy atom. The molecule has 0 aliphatic heterocycles. The second-order valence-electron chi connectivity index (χ2n) is 3.89.